The topological polar surface area (TPSA) is 69.2 Å². The Morgan fingerprint density at radius 3 is 2.34 bits per heavy atom. The number of carbonyl (C=O) groups is 1. The molecule has 0 saturated heterocycles. The van der Waals surface area contributed by atoms with Crippen LogP contribution in [0.5, 0.6) is 17.2 Å². The summed E-state index contributed by atoms with van der Waals surface area (Å²) in [6.45, 7) is 5.20. The van der Waals surface area contributed by atoms with E-state index in [0.717, 1.165) is 17.5 Å². The van der Waals surface area contributed by atoms with Gasteiger partial charge in [-0.25, -0.2) is 9.82 Å². The Hall–Kier alpha value is -2.91. The van der Waals surface area contributed by atoms with Gasteiger partial charge in [-0.2, -0.15) is 5.10 Å². The maximum absolute atomic E-state index is 13.1. The molecule has 0 aromatic heterocycles. The molecule has 0 unspecified atom stereocenters. The molecule has 0 heterocycles. The maximum Gasteiger partial charge on any atom is 0.271 e. The first kappa shape index (κ1) is 26.7. The van der Waals surface area contributed by atoms with Crippen molar-refractivity contribution in [3.05, 3.63) is 86.1 Å². The highest BCUT2D eigenvalue weighted by Crippen LogP contribution is 2.35. The van der Waals surface area contributed by atoms with Gasteiger partial charge in [0, 0.05) is 5.56 Å². The molecule has 0 aliphatic carbocycles. The van der Waals surface area contributed by atoms with Gasteiger partial charge >= 0.3 is 0 Å². The average Bonchev–Trinajstić information content (AvgIpc) is 2.84. The first-order chi connectivity index (χ1) is 16.9. The Morgan fingerprint density at radius 2 is 1.69 bits per heavy atom. The highest BCUT2D eigenvalue weighted by atomic mass is 79.9. The molecule has 3 aromatic rings. The summed E-state index contributed by atoms with van der Waals surface area (Å²) in [4.78, 5) is 12.6. The van der Waals surface area contributed by atoms with Crippen molar-refractivity contribution in [3.63, 3.8) is 0 Å². The largest absolute Gasteiger partial charge is 0.490 e. The van der Waals surface area contributed by atoms with Crippen molar-refractivity contribution in [2.45, 2.75) is 26.9 Å². The number of ether oxygens (including phenoxy) is 3. The predicted molar refractivity (Wildman–Crippen MR) is 141 cm³/mol. The summed E-state index contributed by atoms with van der Waals surface area (Å²) in [6.07, 6.45) is 2.40. The molecule has 184 valence electrons. The monoisotopic (exact) mass is 606 g/mol. The molecule has 0 saturated carbocycles. The van der Waals surface area contributed by atoms with Crippen molar-refractivity contribution < 1.29 is 23.4 Å². The van der Waals surface area contributed by atoms with Crippen LogP contribution in [-0.4, -0.2) is 25.3 Å². The third kappa shape index (κ3) is 7.80. The smallest absolute Gasteiger partial charge is 0.271 e. The fourth-order valence-corrected chi connectivity index (χ4v) is 4.46. The van der Waals surface area contributed by atoms with Crippen molar-refractivity contribution in [1.82, 2.24) is 5.43 Å². The number of carbonyl (C=O) groups excluding carboxylic acids is 1. The summed E-state index contributed by atoms with van der Waals surface area (Å²) in [6, 6.07) is 14.8. The maximum atomic E-state index is 13.1. The zero-order chi connectivity index (χ0) is 25.2. The van der Waals surface area contributed by atoms with Crippen LogP contribution < -0.4 is 19.6 Å². The molecule has 9 heteroatoms. The molecular weight excluding hydrogens is 583 g/mol. The van der Waals surface area contributed by atoms with Crippen molar-refractivity contribution in [2.75, 3.05) is 13.2 Å². The number of nitrogens with one attached hydrogen (secondary N) is 1. The van der Waals surface area contributed by atoms with E-state index in [1.807, 2.05) is 26.0 Å². The van der Waals surface area contributed by atoms with E-state index in [4.69, 9.17) is 14.2 Å². The lowest BCUT2D eigenvalue weighted by Crippen LogP contribution is -2.17. The highest BCUT2D eigenvalue weighted by Gasteiger charge is 2.12. The van der Waals surface area contributed by atoms with Gasteiger partial charge in [-0.1, -0.05) is 19.1 Å². The predicted octanol–water partition coefficient (Wildman–Crippen LogP) is 6.88. The average molecular weight is 608 g/mol. The first-order valence-electron chi connectivity index (χ1n) is 11.0. The second kappa shape index (κ2) is 13.3. The summed E-state index contributed by atoms with van der Waals surface area (Å²) < 4.78 is 31.6. The number of rotatable bonds is 11. The molecule has 6 nitrogen and oxygen atoms in total. The van der Waals surface area contributed by atoms with Crippen molar-refractivity contribution in [2.24, 2.45) is 5.10 Å². The normalized spacial score (nSPS) is 10.9. The molecule has 3 aromatic carbocycles. The van der Waals surface area contributed by atoms with Crippen molar-refractivity contribution >= 4 is 44.0 Å². The molecule has 0 fully saturated rings. The zero-order valence-electron chi connectivity index (χ0n) is 19.3. The number of hydrogen-bond donors (Lipinski definition) is 1. The van der Waals surface area contributed by atoms with Crippen LogP contribution in [0.2, 0.25) is 0 Å². The molecule has 1 N–H and O–H groups in total. The van der Waals surface area contributed by atoms with Crippen molar-refractivity contribution in [3.8, 4) is 17.2 Å². The van der Waals surface area contributed by atoms with Gasteiger partial charge in [-0.15, -0.1) is 0 Å². The fraction of sp³-hybridized carbons (Fsp3) is 0.231. The lowest BCUT2D eigenvalue weighted by Gasteiger charge is -2.12. The number of hydrazone groups is 1. The summed E-state index contributed by atoms with van der Waals surface area (Å²) in [5.74, 6) is 1.05. The summed E-state index contributed by atoms with van der Waals surface area (Å²) >= 11 is 7.00. The van der Waals surface area contributed by atoms with E-state index in [1.54, 1.807) is 30.3 Å². The lowest BCUT2D eigenvalue weighted by atomic mass is 10.2. The summed E-state index contributed by atoms with van der Waals surface area (Å²) in [5, 5.41) is 4.06. The molecular formula is C26H25Br2FN2O4. The van der Waals surface area contributed by atoms with E-state index in [1.165, 1.54) is 18.3 Å². The standard InChI is InChI=1S/C26H25Br2FN2O4/c1-3-11-34-23-10-7-19(14-24(23)33-4-2)26(32)31-30-15-18-12-21(27)25(22(28)13-18)35-16-17-5-8-20(29)9-6-17/h5-10,12-15H,3-4,11,16H2,1-2H3,(H,31,32)/b30-15+. The van der Waals surface area contributed by atoms with Gasteiger partial charge in [0.05, 0.1) is 28.4 Å². The Kier molecular flexibility index (Phi) is 10.1. The molecule has 3 rings (SSSR count). The van der Waals surface area contributed by atoms with Crippen LogP contribution in [0.1, 0.15) is 41.8 Å². The first-order valence-corrected chi connectivity index (χ1v) is 12.6. The minimum atomic E-state index is -0.373. The molecule has 1 amide bonds. The quantitative estimate of drug-likeness (QED) is 0.191. The minimum absolute atomic E-state index is 0.285. The van der Waals surface area contributed by atoms with E-state index in [0.29, 0.717) is 45.0 Å². The zero-order valence-corrected chi connectivity index (χ0v) is 22.5. The van der Waals surface area contributed by atoms with Gasteiger partial charge in [0.15, 0.2) is 11.5 Å². The highest BCUT2D eigenvalue weighted by molar-refractivity contribution is 9.11. The molecule has 0 atom stereocenters. The van der Waals surface area contributed by atoms with E-state index in [9.17, 15) is 9.18 Å². The van der Waals surface area contributed by atoms with Crippen LogP contribution in [0.25, 0.3) is 0 Å². The Morgan fingerprint density at radius 1 is 0.971 bits per heavy atom. The number of nitrogens with zero attached hydrogens (tertiary/aromatic N) is 1. The molecule has 0 aliphatic rings. The SMILES string of the molecule is CCCOc1ccc(C(=O)N/N=C/c2cc(Br)c(OCc3ccc(F)cc3)c(Br)c2)cc1OCC. The second-order valence-electron chi connectivity index (χ2n) is 7.37. The summed E-state index contributed by atoms with van der Waals surface area (Å²) in [5.41, 5.74) is 4.51. The molecule has 0 radical (unpaired) electrons. The molecule has 0 aliphatic heterocycles. The van der Waals surface area contributed by atoms with Crippen LogP contribution in [-0.2, 0) is 6.61 Å². The van der Waals surface area contributed by atoms with Gasteiger partial charge in [0.2, 0.25) is 0 Å². The van der Waals surface area contributed by atoms with Crippen LogP contribution in [0, 0.1) is 5.82 Å². The Labute approximate surface area is 220 Å². The van der Waals surface area contributed by atoms with E-state index in [2.05, 4.69) is 42.4 Å². The van der Waals surface area contributed by atoms with Crippen LogP contribution in [0.4, 0.5) is 4.39 Å². The van der Waals surface area contributed by atoms with Gasteiger partial charge in [0.25, 0.3) is 5.91 Å². The molecule has 0 spiro atoms. The Balaban J connectivity index is 1.64. The minimum Gasteiger partial charge on any atom is -0.490 e. The fourth-order valence-electron chi connectivity index (χ4n) is 3.01. The van der Waals surface area contributed by atoms with Gasteiger partial charge in [-0.05, 0) is 98.8 Å². The van der Waals surface area contributed by atoms with Gasteiger partial charge < -0.3 is 14.2 Å². The number of benzene rings is 3. The third-order valence-corrected chi connectivity index (χ3v) is 5.84. The lowest BCUT2D eigenvalue weighted by molar-refractivity contribution is 0.0954. The third-order valence-electron chi connectivity index (χ3n) is 4.66. The number of halogens is 3. The molecule has 35 heavy (non-hydrogen) atoms. The van der Waals surface area contributed by atoms with E-state index < -0.39 is 0 Å². The molecule has 0 bridgehead atoms. The van der Waals surface area contributed by atoms with Gasteiger partial charge in [-0.3, -0.25) is 4.79 Å². The Bertz CT molecular complexity index is 1160. The van der Waals surface area contributed by atoms with E-state index in [-0.39, 0.29) is 18.3 Å². The van der Waals surface area contributed by atoms with E-state index >= 15 is 0 Å². The van der Waals surface area contributed by atoms with Crippen LogP contribution in [0.15, 0.2) is 68.6 Å². The number of amides is 1. The summed E-state index contributed by atoms with van der Waals surface area (Å²) in [7, 11) is 0. The van der Waals surface area contributed by atoms with Crippen LogP contribution >= 0.6 is 31.9 Å². The van der Waals surface area contributed by atoms with Crippen molar-refractivity contribution in [1.29, 1.82) is 0 Å². The van der Waals surface area contributed by atoms with Crippen LogP contribution in [0.3, 0.4) is 0 Å². The van der Waals surface area contributed by atoms with Gasteiger partial charge in [0.1, 0.15) is 18.2 Å². The second-order valence-corrected chi connectivity index (χ2v) is 9.08. The number of hydrogen-bond acceptors (Lipinski definition) is 5.